The zero-order chi connectivity index (χ0) is 11.7. The van der Waals surface area contributed by atoms with Gasteiger partial charge in [0.1, 0.15) is 17.7 Å². The van der Waals surface area contributed by atoms with Crippen molar-refractivity contribution >= 4 is 11.7 Å². The van der Waals surface area contributed by atoms with Crippen molar-refractivity contribution in [3.63, 3.8) is 0 Å². The SMILES string of the molecule is O=C(O)[C@H]1CCC(c2cc(F)cc(F)c2)=N1. The van der Waals surface area contributed by atoms with Crippen molar-refractivity contribution in [1.29, 1.82) is 0 Å². The van der Waals surface area contributed by atoms with Gasteiger partial charge < -0.3 is 5.11 Å². The van der Waals surface area contributed by atoms with Crippen LogP contribution in [-0.2, 0) is 4.79 Å². The molecule has 3 nitrogen and oxygen atoms in total. The Bertz CT molecular complexity index is 451. The number of carboxylic acid groups (broad SMARTS) is 1. The monoisotopic (exact) mass is 225 g/mol. The van der Waals surface area contributed by atoms with Crippen molar-refractivity contribution in [1.82, 2.24) is 0 Å². The molecule has 0 aliphatic carbocycles. The second-order valence-corrected chi connectivity index (χ2v) is 3.63. The van der Waals surface area contributed by atoms with Gasteiger partial charge in [-0.25, -0.2) is 13.6 Å². The normalized spacial score (nSPS) is 19.6. The maximum absolute atomic E-state index is 12.9. The van der Waals surface area contributed by atoms with E-state index in [1.807, 2.05) is 0 Å². The minimum atomic E-state index is -1.01. The molecule has 1 aromatic rings. The van der Waals surface area contributed by atoms with Crippen molar-refractivity contribution in [2.24, 2.45) is 4.99 Å². The van der Waals surface area contributed by atoms with Crippen LogP contribution in [0.3, 0.4) is 0 Å². The third kappa shape index (κ3) is 2.08. The van der Waals surface area contributed by atoms with Crippen LogP contribution in [0.1, 0.15) is 18.4 Å². The quantitative estimate of drug-likeness (QED) is 0.836. The van der Waals surface area contributed by atoms with Gasteiger partial charge >= 0.3 is 5.97 Å². The molecule has 84 valence electrons. The van der Waals surface area contributed by atoms with E-state index >= 15 is 0 Å². The number of rotatable bonds is 2. The summed E-state index contributed by atoms with van der Waals surface area (Å²) in [5.41, 5.74) is 0.770. The molecule has 1 aliphatic rings. The Hall–Kier alpha value is -1.78. The van der Waals surface area contributed by atoms with Crippen LogP contribution in [0.15, 0.2) is 23.2 Å². The molecule has 0 radical (unpaired) electrons. The fourth-order valence-electron chi connectivity index (χ4n) is 1.71. The molecule has 0 amide bonds. The van der Waals surface area contributed by atoms with Gasteiger partial charge in [0.15, 0.2) is 0 Å². The van der Waals surface area contributed by atoms with Gasteiger partial charge in [0.05, 0.1) is 0 Å². The highest BCUT2D eigenvalue weighted by Crippen LogP contribution is 2.20. The van der Waals surface area contributed by atoms with Crippen molar-refractivity contribution in [3.8, 4) is 0 Å². The number of hydrogen-bond donors (Lipinski definition) is 1. The van der Waals surface area contributed by atoms with Gasteiger partial charge in [-0.2, -0.15) is 0 Å². The molecule has 16 heavy (non-hydrogen) atoms. The third-order valence-corrected chi connectivity index (χ3v) is 2.45. The summed E-state index contributed by atoms with van der Waals surface area (Å²) in [6.07, 6.45) is 0.808. The zero-order valence-electron chi connectivity index (χ0n) is 8.28. The number of aliphatic carboxylic acids is 1. The number of carboxylic acids is 1. The first-order valence-electron chi connectivity index (χ1n) is 4.82. The summed E-state index contributed by atoms with van der Waals surface area (Å²) in [7, 11) is 0. The Morgan fingerprint density at radius 3 is 2.44 bits per heavy atom. The Balaban J connectivity index is 2.32. The van der Waals surface area contributed by atoms with Gasteiger partial charge in [-0.05, 0) is 25.0 Å². The Morgan fingerprint density at radius 2 is 1.94 bits per heavy atom. The summed E-state index contributed by atoms with van der Waals surface area (Å²) >= 11 is 0. The molecule has 0 saturated carbocycles. The van der Waals surface area contributed by atoms with Gasteiger partial charge in [-0.15, -0.1) is 0 Å². The second-order valence-electron chi connectivity index (χ2n) is 3.63. The van der Waals surface area contributed by atoms with E-state index in [2.05, 4.69) is 4.99 Å². The maximum atomic E-state index is 12.9. The zero-order valence-corrected chi connectivity index (χ0v) is 8.28. The lowest BCUT2D eigenvalue weighted by Gasteiger charge is -2.00. The van der Waals surface area contributed by atoms with E-state index in [1.54, 1.807) is 0 Å². The molecule has 5 heteroatoms. The highest BCUT2D eigenvalue weighted by Gasteiger charge is 2.24. The van der Waals surface area contributed by atoms with Crippen molar-refractivity contribution in [2.75, 3.05) is 0 Å². The summed E-state index contributed by atoms with van der Waals surface area (Å²) in [5.74, 6) is -2.38. The maximum Gasteiger partial charge on any atom is 0.328 e. The molecule has 0 spiro atoms. The molecular formula is C11H9F2NO2. The first-order chi connectivity index (χ1) is 7.56. The molecule has 0 saturated heterocycles. The molecule has 0 fully saturated rings. The van der Waals surface area contributed by atoms with Crippen LogP contribution >= 0.6 is 0 Å². The van der Waals surface area contributed by atoms with Gasteiger partial charge in [0.2, 0.25) is 0 Å². The second kappa shape index (κ2) is 4.00. The lowest BCUT2D eigenvalue weighted by Crippen LogP contribution is -2.13. The van der Waals surface area contributed by atoms with Gasteiger partial charge in [-0.1, -0.05) is 0 Å². The molecule has 0 aromatic heterocycles. The lowest BCUT2D eigenvalue weighted by atomic mass is 10.1. The predicted octanol–water partition coefficient (Wildman–Crippen LogP) is 2.00. The van der Waals surface area contributed by atoms with E-state index in [9.17, 15) is 13.6 Å². The number of hydrogen-bond acceptors (Lipinski definition) is 2. The third-order valence-electron chi connectivity index (χ3n) is 2.45. The van der Waals surface area contributed by atoms with Crippen LogP contribution in [0.25, 0.3) is 0 Å². The smallest absolute Gasteiger partial charge is 0.328 e. The fraction of sp³-hybridized carbons (Fsp3) is 0.273. The largest absolute Gasteiger partial charge is 0.480 e. The first kappa shape index (κ1) is 10.7. The number of halogens is 2. The number of benzene rings is 1. The number of carbonyl (C=O) groups is 1. The Labute approximate surface area is 90.4 Å². The summed E-state index contributed by atoms with van der Waals surface area (Å²) in [4.78, 5) is 14.6. The summed E-state index contributed by atoms with van der Waals surface area (Å²) in [6.45, 7) is 0. The molecule has 2 rings (SSSR count). The molecule has 0 bridgehead atoms. The van der Waals surface area contributed by atoms with Crippen molar-refractivity contribution in [2.45, 2.75) is 18.9 Å². The van der Waals surface area contributed by atoms with Crippen LogP contribution < -0.4 is 0 Å². The molecule has 0 unspecified atom stereocenters. The Morgan fingerprint density at radius 1 is 1.31 bits per heavy atom. The minimum Gasteiger partial charge on any atom is -0.480 e. The van der Waals surface area contributed by atoms with E-state index in [4.69, 9.17) is 5.11 Å². The summed E-state index contributed by atoms with van der Waals surface area (Å²) in [5, 5.41) is 8.73. The van der Waals surface area contributed by atoms with Crippen LogP contribution in [0, 0.1) is 11.6 Å². The topological polar surface area (TPSA) is 49.7 Å². The van der Waals surface area contributed by atoms with Gasteiger partial charge in [0, 0.05) is 17.3 Å². The average Bonchev–Trinajstić information content (AvgIpc) is 2.64. The fourth-order valence-corrected chi connectivity index (χ4v) is 1.71. The highest BCUT2D eigenvalue weighted by molar-refractivity contribution is 6.03. The standard InChI is InChI=1S/C11H9F2NO2/c12-7-3-6(4-8(13)5-7)9-1-2-10(14-9)11(15)16/h3-5,10H,1-2H2,(H,15,16)/t10-/m1/s1. The van der Waals surface area contributed by atoms with Crippen LogP contribution in [0.4, 0.5) is 8.78 Å². The van der Waals surface area contributed by atoms with Crippen LogP contribution in [0.2, 0.25) is 0 Å². The highest BCUT2D eigenvalue weighted by atomic mass is 19.1. The first-order valence-corrected chi connectivity index (χ1v) is 4.82. The van der Waals surface area contributed by atoms with E-state index in [1.165, 1.54) is 0 Å². The van der Waals surface area contributed by atoms with Crippen molar-refractivity contribution < 1.29 is 18.7 Å². The molecule has 1 aromatic carbocycles. The number of aliphatic imine (C=N–C) groups is 1. The van der Waals surface area contributed by atoms with E-state index < -0.39 is 23.6 Å². The van der Waals surface area contributed by atoms with E-state index in [0.717, 1.165) is 18.2 Å². The molecule has 1 N–H and O–H groups in total. The Kier molecular flexibility index (Phi) is 2.68. The van der Waals surface area contributed by atoms with E-state index in [-0.39, 0.29) is 0 Å². The number of nitrogens with zero attached hydrogens (tertiary/aromatic N) is 1. The van der Waals surface area contributed by atoms with Crippen molar-refractivity contribution in [3.05, 3.63) is 35.4 Å². The lowest BCUT2D eigenvalue weighted by molar-refractivity contribution is -0.138. The van der Waals surface area contributed by atoms with Crippen LogP contribution in [0.5, 0.6) is 0 Å². The average molecular weight is 225 g/mol. The molecular weight excluding hydrogens is 216 g/mol. The van der Waals surface area contributed by atoms with Gasteiger partial charge in [0.25, 0.3) is 0 Å². The van der Waals surface area contributed by atoms with Crippen LogP contribution in [-0.4, -0.2) is 22.8 Å². The predicted molar refractivity (Wildman–Crippen MR) is 53.6 cm³/mol. The molecule has 1 aliphatic heterocycles. The van der Waals surface area contributed by atoms with Gasteiger partial charge in [-0.3, -0.25) is 4.99 Å². The minimum absolute atomic E-state index is 0.321. The van der Waals surface area contributed by atoms with E-state index in [0.29, 0.717) is 24.1 Å². The summed E-state index contributed by atoms with van der Waals surface area (Å²) < 4.78 is 25.9. The summed E-state index contributed by atoms with van der Waals surface area (Å²) in [6, 6.07) is 2.30. The molecule has 1 atom stereocenters. The molecule has 1 heterocycles.